The summed E-state index contributed by atoms with van der Waals surface area (Å²) in [6.45, 7) is 2.41. The van der Waals surface area contributed by atoms with Crippen LogP contribution in [0.2, 0.25) is 0 Å². The highest BCUT2D eigenvalue weighted by Crippen LogP contribution is 2.33. The molecule has 0 atom stereocenters. The Hall–Kier alpha value is -3.97. The lowest BCUT2D eigenvalue weighted by molar-refractivity contribution is 0.109. The summed E-state index contributed by atoms with van der Waals surface area (Å²) in [6, 6.07) is 11.6. The summed E-state index contributed by atoms with van der Waals surface area (Å²) in [5.74, 6) is -1.42. The molecule has 2 heterocycles. The Balaban J connectivity index is 1.58. The van der Waals surface area contributed by atoms with Crippen molar-refractivity contribution in [2.24, 2.45) is 0 Å². The number of benzene rings is 2. The molecule has 0 saturated carbocycles. The molecule has 0 aliphatic carbocycles. The van der Waals surface area contributed by atoms with Gasteiger partial charge in [-0.1, -0.05) is 13.0 Å². The second-order valence-corrected chi connectivity index (χ2v) is 8.08. The summed E-state index contributed by atoms with van der Waals surface area (Å²) >= 11 is 3.92. The summed E-state index contributed by atoms with van der Waals surface area (Å²) in [4.78, 5) is 20.2. The van der Waals surface area contributed by atoms with Gasteiger partial charge in [-0.3, -0.25) is 4.79 Å². The quantitative estimate of drug-likeness (QED) is 0.336. The number of hydrogen-bond donors (Lipinski definition) is 2. The van der Waals surface area contributed by atoms with Crippen LogP contribution in [-0.4, -0.2) is 33.3 Å². The first-order valence-corrected chi connectivity index (χ1v) is 11.2. The molecule has 0 amide bonds. The molecule has 0 spiro atoms. The van der Waals surface area contributed by atoms with Crippen LogP contribution in [0.3, 0.4) is 0 Å². The third kappa shape index (κ3) is 4.68. The van der Waals surface area contributed by atoms with Gasteiger partial charge in [-0.25, -0.2) is 18.7 Å². The number of ether oxygens (including phenoxy) is 1. The van der Waals surface area contributed by atoms with Crippen molar-refractivity contribution >= 4 is 34.5 Å². The number of nitrogens with zero attached hydrogens (tertiary/aromatic N) is 4. The molecule has 2 aromatic heterocycles. The maximum Gasteiger partial charge on any atom is 0.216 e. The first-order chi connectivity index (χ1) is 16.9. The summed E-state index contributed by atoms with van der Waals surface area (Å²) in [5, 5.41) is 12.7. The topological polar surface area (TPSA) is 92.8 Å². The first kappa shape index (κ1) is 24.2. The molecule has 178 valence electrons. The number of aromatic nitrogens is 3. The van der Waals surface area contributed by atoms with Gasteiger partial charge in [0.25, 0.3) is 0 Å². The van der Waals surface area contributed by atoms with Crippen molar-refractivity contribution in [1.82, 2.24) is 14.5 Å². The third-order valence-corrected chi connectivity index (χ3v) is 5.93. The normalized spacial score (nSPS) is 10.9. The van der Waals surface area contributed by atoms with E-state index in [2.05, 4.69) is 27.9 Å². The van der Waals surface area contributed by atoms with Crippen molar-refractivity contribution in [3.8, 4) is 23.1 Å². The number of fused-ring (bicyclic) bond motifs is 1. The average molecular weight is 494 g/mol. The maximum absolute atomic E-state index is 14.6. The Labute approximate surface area is 205 Å². The van der Waals surface area contributed by atoms with Crippen molar-refractivity contribution in [1.29, 1.82) is 5.26 Å². The van der Waals surface area contributed by atoms with Gasteiger partial charge in [0.05, 0.1) is 18.3 Å². The fourth-order valence-electron chi connectivity index (χ4n) is 4.00. The van der Waals surface area contributed by atoms with E-state index in [1.165, 1.54) is 24.1 Å². The van der Waals surface area contributed by atoms with E-state index in [1.54, 1.807) is 18.2 Å². The molecule has 7 nitrogen and oxygen atoms in total. The second-order valence-electron chi connectivity index (χ2n) is 7.68. The number of hydrogen-bond acceptors (Lipinski definition) is 6. The van der Waals surface area contributed by atoms with Gasteiger partial charge in [-0.2, -0.15) is 5.26 Å². The Morgan fingerprint density at radius 2 is 2.03 bits per heavy atom. The number of anilines is 1. The van der Waals surface area contributed by atoms with Gasteiger partial charge in [0, 0.05) is 41.7 Å². The molecule has 2 aromatic carbocycles. The SMILES string of the molecule is CCc1cc(-c2cc(NCCn3c(C#N)cc4c(OC)cc(F)c(F)c43)ncn2)ccc1C(=O)S. The average Bonchev–Trinajstić information content (AvgIpc) is 3.24. The number of halogens is 2. The van der Waals surface area contributed by atoms with E-state index >= 15 is 0 Å². The van der Waals surface area contributed by atoms with E-state index in [-0.39, 0.29) is 35.2 Å². The van der Waals surface area contributed by atoms with Gasteiger partial charge < -0.3 is 14.6 Å². The molecule has 4 rings (SSSR count). The van der Waals surface area contributed by atoms with Crippen molar-refractivity contribution in [3.05, 3.63) is 71.2 Å². The minimum atomic E-state index is -1.05. The molecule has 1 N–H and O–H groups in total. The van der Waals surface area contributed by atoms with Crippen LogP contribution >= 0.6 is 12.6 Å². The highest BCUT2D eigenvalue weighted by molar-refractivity contribution is 7.97. The van der Waals surface area contributed by atoms with Crippen LogP contribution in [0.5, 0.6) is 5.75 Å². The highest BCUT2D eigenvalue weighted by Gasteiger charge is 2.20. The minimum Gasteiger partial charge on any atom is -0.496 e. The number of nitrogens with one attached hydrogen (secondary N) is 1. The number of aryl methyl sites for hydroxylation is 1. The lowest BCUT2D eigenvalue weighted by Crippen LogP contribution is -2.13. The lowest BCUT2D eigenvalue weighted by atomic mass is 10.0. The van der Waals surface area contributed by atoms with E-state index < -0.39 is 11.6 Å². The standard InChI is InChI=1S/C25H21F2N5O2S/c1-3-14-8-15(4-5-17(14)25(33)35)20-11-22(31-13-30-20)29-6-7-32-16(12-28)9-18-21(34-2)10-19(26)23(27)24(18)32/h4-5,8-11,13H,3,6-7H2,1-2H3,(H,33,35)(H,29,30,31). The van der Waals surface area contributed by atoms with Gasteiger partial charge >= 0.3 is 0 Å². The molecule has 0 aliphatic heterocycles. The molecule has 10 heteroatoms. The van der Waals surface area contributed by atoms with E-state index in [9.17, 15) is 18.8 Å². The van der Waals surface area contributed by atoms with Crippen molar-refractivity contribution < 1.29 is 18.3 Å². The summed E-state index contributed by atoms with van der Waals surface area (Å²) in [7, 11) is 1.36. The number of nitriles is 1. The van der Waals surface area contributed by atoms with Crippen molar-refractivity contribution in [2.45, 2.75) is 19.9 Å². The fraction of sp³-hybridized carbons (Fsp3) is 0.200. The van der Waals surface area contributed by atoms with E-state index in [1.807, 2.05) is 19.1 Å². The molecule has 0 unspecified atom stereocenters. The third-order valence-electron chi connectivity index (χ3n) is 5.69. The molecular weight excluding hydrogens is 472 g/mol. The molecule has 0 fully saturated rings. The van der Waals surface area contributed by atoms with E-state index in [0.29, 0.717) is 28.9 Å². The number of carbonyl (C=O) groups is 1. The fourth-order valence-corrected chi connectivity index (χ4v) is 4.22. The van der Waals surface area contributed by atoms with Crippen LogP contribution in [-0.2, 0) is 13.0 Å². The smallest absolute Gasteiger partial charge is 0.216 e. The van der Waals surface area contributed by atoms with Gasteiger partial charge in [-0.05, 0) is 30.2 Å². The van der Waals surface area contributed by atoms with Gasteiger partial charge in [0.2, 0.25) is 5.12 Å². The van der Waals surface area contributed by atoms with Gasteiger partial charge in [0.1, 0.15) is 29.7 Å². The molecule has 0 saturated heterocycles. The van der Waals surface area contributed by atoms with Crippen molar-refractivity contribution in [2.75, 3.05) is 19.0 Å². The number of methoxy groups -OCH3 is 1. The van der Waals surface area contributed by atoms with Crippen LogP contribution in [0, 0.1) is 23.0 Å². The highest BCUT2D eigenvalue weighted by atomic mass is 32.1. The van der Waals surface area contributed by atoms with Crippen LogP contribution in [0.15, 0.2) is 42.7 Å². The maximum atomic E-state index is 14.6. The largest absolute Gasteiger partial charge is 0.496 e. The van der Waals surface area contributed by atoms with Gasteiger partial charge in [-0.15, -0.1) is 12.6 Å². The summed E-state index contributed by atoms with van der Waals surface area (Å²) in [6.07, 6.45) is 2.08. The molecule has 35 heavy (non-hydrogen) atoms. The van der Waals surface area contributed by atoms with E-state index in [4.69, 9.17) is 4.74 Å². The predicted molar refractivity (Wildman–Crippen MR) is 132 cm³/mol. The number of carbonyl (C=O) groups excluding carboxylic acids is 1. The van der Waals surface area contributed by atoms with Gasteiger partial charge in [0.15, 0.2) is 11.6 Å². The summed E-state index contributed by atoms with van der Waals surface area (Å²) < 4.78 is 35.3. The Morgan fingerprint density at radius 1 is 1.23 bits per heavy atom. The van der Waals surface area contributed by atoms with Crippen LogP contribution in [0.4, 0.5) is 14.6 Å². The lowest BCUT2D eigenvalue weighted by Gasteiger charge is -2.12. The Bertz CT molecular complexity index is 1480. The molecule has 0 radical (unpaired) electrons. The monoisotopic (exact) mass is 493 g/mol. The second kappa shape index (κ2) is 10.1. The zero-order valence-corrected chi connectivity index (χ0v) is 19.9. The van der Waals surface area contributed by atoms with Crippen LogP contribution < -0.4 is 10.1 Å². The Kier molecular flexibility index (Phi) is 6.98. The van der Waals surface area contributed by atoms with Crippen LogP contribution in [0.25, 0.3) is 22.2 Å². The van der Waals surface area contributed by atoms with E-state index in [0.717, 1.165) is 17.2 Å². The summed E-state index contributed by atoms with van der Waals surface area (Å²) in [5.41, 5.74) is 3.03. The number of rotatable bonds is 8. The minimum absolute atomic E-state index is 0.0329. The van der Waals surface area contributed by atoms with Crippen LogP contribution in [0.1, 0.15) is 28.5 Å². The zero-order chi connectivity index (χ0) is 25.1. The molecule has 0 bridgehead atoms. The molecule has 4 aromatic rings. The zero-order valence-electron chi connectivity index (χ0n) is 19.0. The Morgan fingerprint density at radius 3 is 2.71 bits per heavy atom. The van der Waals surface area contributed by atoms with Crippen molar-refractivity contribution in [3.63, 3.8) is 0 Å². The number of thiol groups is 1. The predicted octanol–water partition coefficient (Wildman–Crippen LogP) is 5.00. The first-order valence-electron chi connectivity index (χ1n) is 10.8. The molecular formula is C25H21F2N5O2S. The molecule has 0 aliphatic rings.